The van der Waals surface area contributed by atoms with E-state index in [0.29, 0.717) is 5.88 Å². The van der Waals surface area contributed by atoms with Gasteiger partial charge in [-0.2, -0.15) is 0 Å². The Morgan fingerprint density at radius 2 is 1.86 bits per heavy atom. The molecule has 0 bridgehead atoms. The molecule has 0 aliphatic rings. The zero-order valence-electron chi connectivity index (χ0n) is 8.28. The number of hydrogen-bond acceptors (Lipinski definition) is 0. The van der Waals surface area contributed by atoms with Gasteiger partial charge in [-0.25, -0.2) is 0 Å². The maximum Gasteiger partial charge on any atom is 0.0439 e. The summed E-state index contributed by atoms with van der Waals surface area (Å²) < 4.78 is 0. The summed E-state index contributed by atoms with van der Waals surface area (Å²) >= 11 is 17.8. The molecule has 0 atom stereocenters. The average Bonchev–Trinajstić information content (AvgIpc) is 2.11. The molecule has 0 saturated heterocycles. The Kier molecular flexibility index (Phi) is 4.12. The highest BCUT2D eigenvalue weighted by Gasteiger charge is 2.18. The van der Waals surface area contributed by atoms with Crippen LogP contribution in [-0.2, 0) is 6.42 Å². The summed E-state index contributed by atoms with van der Waals surface area (Å²) in [7, 11) is 0. The van der Waals surface area contributed by atoms with Gasteiger partial charge < -0.3 is 0 Å². The summed E-state index contributed by atoms with van der Waals surface area (Å²) in [5.74, 6) is 0.607. The number of alkyl halides is 1. The molecule has 1 aromatic rings. The van der Waals surface area contributed by atoms with E-state index in [9.17, 15) is 0 Å². The molecule has 0 spiro atoms. The van der Waals surface area contributed by atoms with Gasteiger partial charge in [0.15, 0.2) is 0 Å². The van der Waals surface area contributed by atoms with Gasteiger partial charge in [-0.05, 0) is 35.6 Å². The summed E-state index contributed by atoms with van der Waals surface area (Å²) in [5, 5.41) is 1.47. The molecule has 0 saturated carbocycles. The van der Waals surface area contributed by atoms with Crippen LogP contribution in [0.2, 0.25) is 10.0 Å². The molecule has 0 fully saturated rings. The Bertz CT molecular complexity index is 318. The van der Waals surface area contributed by atoms with Crippen molar-refractivity contribution in [3.8, 4) is 0 Å². The highest BCUT2D eigenvalue weighted by molar-refractivity contribution is 6.33. The van der Waals surface area contributed by atoms with E-state index < -0.39 is 0 Å². The van der Waals surface area contributed by atoms with Crippen molar-refractivity contribution >= 4 is 34.8 Å². The average molecular weight is 252 g/mol. The Labute approximate surface area is 100 Å². The van der Waals surface area contributed by atoms with Crippen LogP contribution in [0, 0.1) is 5.41 Å². The minimum absolute atomic E-state index is 0.0515. The zero-order chi connectivity index (χ0) is 10.8. The molecule has 0 aliphatic heterocycles. The van der Waals surface area contributed by atoms with Gasteiger partial charge in [0.2, 0.25) is 0 Å². The largest absolute Gasteiger partial charge is 0.126 e. The number of rotatable bonds is 3. The second-order valence-corrected chi connectivity index (χ2v) is 5.32. The van der Waals surface area contributed by atoms with E-state index in [-0.39, 0.29) is 5.41 Å². The molecule has 0 unspecified atom stereocenters. The number of benzene rings is 1. The molecule has 14 heavy (non-hydrogen) atoms. The smallest absolute Gasteiger partial charge is 0.0439 e. The predicted octanol–water partition coefficient (Wildman–Crippen LogP) is 4.80. The molecule has 1 aromatic carbocycles. The van der Waals surface area contributed by atoms with Gasteiger partial charge >= 0.3 is 0 Å². The monoisotopic (exact) mass is 250 g/mol. The van der Waals surface area contributed by atoms with Crippen LogP contribution in [0.25, 0.3) is 0 Å². The minimum Gasteiger partial charge on any atom is -0.126 e. The highest BCUT2D eigenvalue weighted by atomic mass is 35.5. The van der Waals surface area contributed by atoms with Crippen LogP contribution < -0.4 is 0 Å². The molecule has 78 valence electrons. The summed E-state index contributed by atoms with van der Waals surface area (Å²) in [6.45, 7) is 4.22. The first kappa shape index (κ1) is 12.2. The van der Waals surface area contributed by atoms with Crippen LogP contribution in [0.15, 0.2) is 18.2 Å². The van der Waals surface area contributed by atoms with Crippen LogP contribution >= 0.6 is 34.8 Å². The van der Waals surface area contributed by atoms with Crippen LogP contribution in [0.5, 0.6) is 0 Å². The molecule has 0 aromatic heterocycles. The molecule has 0 amide bonds. The Hall–Kier alpha value is 0.0900. The molecule has 0 heterocycles. The lowest BCUT2D eigenvalue weighted by molar-refractivity contribution is 0.418. The Morgan fingerprint density at radius 3 is 2.43 bits per heavy atom. The molecular formula is C11H13Cl3. The standard InChI is InChI=1S/C11H13Cl3/c1-11(2,7-12)6-8-5-9(13)3-4-10(8)14/h3-5H,6-7H2,1-2H3. The van der Waals surface area contributed by atoms with E-state index in [1.807, 2.05) is 12.1 Å². The van der Waals surface area contributed by atoms with Crippen molar-refractivity contribution in [2.75, 3.05) is 5.88 Å². The highest BCUT2D eigenvalue weighted by Crippen LogP contribution is 2.29. The van der Waals surface area contributed by atoms with Crippen molar-refractivity contribution in [3.63, 3.8) is 0 Å². The van der Waals surface area contributed by atoms with Gasteiger partial charge in [-0.3, -0.25) is 0 Å². The second kappa shape index (κ2) is 4.74. The molecule has 3 heteroatoms. The molecule has 0 aliphatic carbocycles. The second-order valence-electron chi connectivity index (χ2n) is 4.21. The first-order valence-electron chi connectivity index (χ1n) is 4.44. The minimum atomic E-state index is 0.0515. The SMILES string of the molecule is CC(C)(CCl)Cc1cc(Cl)ccc1Cl. The molecule has 0 radical (unpaired) electrons. The fourth-order valence-corrected chi connectivity index (χ4v) is 1.72. The molecule has 0 N–H and O–H groups in total. The van der Waals surface area contributed by atoms with Crippen molar-refractivity contribution in [1.29, 1.82) is 0 Å². The van der Waals surface area contributed by atoms with E-state index >= 15 is 0 Å². The van der Waals surface area contributed by atoms with E-state index in [1.54, 1.807) is 6.07 Å². The third kappa shape index (κ3) is 3.34. The first-order chi connectivity index (χ1) is 6.44. The fourth-order valence-electron chi connectivity index (χ4n) is 1.24. The molecule has 0 nitrogen and oxygen atoms in total. The van der Waals surface area contributed by atoms with Gasteiger partial charge in [-0.15, -0.1) is 11.6 Å². The van der Waals surface area contributed by atoms with Gasteiger partial charge in [0.1, 0.15) is 0 Å². The summed E-state index contributed by atoms with van der Waals surface area (Å²) in [6.07, 6.45) is 0.843. The normalized spacial score (nSPS) is 11.8. The van der Waals surface area contributed by atoms with E-state index in [0.717, 1.165) is 22.0 Å². The predicted molar refractivity (Wildman–Crippen MR) is 64.7 cm³/mol. The van der Waals surface area contributed by atoms with Crippen molar-refractivity contribution < 1.29 is 0 Å². The van der Waals surface area contributed by atoms with Gasteiger partial charge in [0, 0.05) is 15.9 Å². The summed E-state index contributed by atoms with van der Waals surface area (Å²) in [4.78, 5) is 0. The van der Waals surface area contributed by atoms with Crippen molar-refractivity contribution in [2.24, 2.45) is 5.41 Å². The van der Waals surface area contributed by atoms with Gasteiger partial charge in [0.25, 0.3) is 0 Å². The lowest BCUT2D eigenvalue weighted by Gasteiger charge is -2.21. The summed E-state index contributed by atoms with van der Waals surface area (Å²) in [5.41, 5.74) is 1.11. The fraction of sp³-hybridized carbons (Fsp3) is 0.455. The quantitative estimate of drug-likeness (QED) is 0.677. The number of halogens is 3. The third-order valence-electron chi connectivity index (χ3n) is 2.04. The Morgan fingerprint density at radius 1 is 1.21 bits per heavy atom. The van der Waals surface area contributed by atoms with E-state index in [1.165, 1.54) is 0 Å². The van der Waals surface area contributed by atoms with Gasteiger partial charge in [-0.1, -0.05) is 37.0 Å². The van der Waals surface area contributed by atoms with Crippen LogP contribution in [0.3, 0.4) is 0 Å². The third-order valence-corrected chi connectivity index (χ3v) is 3.37. The van der Waals surface area contributed by atoms with Crippen LogP contribution in [0.1, 0.15) is 19.4 Å². The lowest BCUT2D eigenvalue weighted by atomic mass is 9.88. The van der Waals surface area contributed by atoms with Crippen molar-refractivity contribution in [3.05, 3.63) is 33.8 Å². The van der Waals surface area contributed by atoms with Gasteiger partial charge in [0.05, 0.1) is 0 Å². The van der Waals surface area contributed by atoms with Crippen molar-refractivity contribution in [1.82, 2.24) is 0 Å². The van der Waals surface area contributed by atoms with Crippen LogP contribution in [0.4, 0.5) is 0 Å². The van der Waals surface area contributed by atoms with E-state index in [2.05, 4.69) is 13.8 Å². The van der Waals surface area contributed by atoms with Crippen LogP contribution in [-0.4, -0.2) is 5.88 Å². The lowest BCUT2D eigenvalue weighted by Crippen LogP contribution is -2.16. The maximum absolute atomic E-state index is 6.06. The van der Waals surface area contributed by atoms with E-state index in [4.69, 9.17) is 34.8 Å². The summed E-state index contributed by atoms with van der Waals surface area (Å²) in [6, 6.07) is 5.52. The maximum atomic E-state index is 6.06. The van der Waals surface area contributed by atoms with Crippen molar-refractivity contribution in [2.45, 2.75) is 20.3 Å². The first-order valence-corrected chi connectivity index (χ1v) is 5.73. The topological polar surface area (TPSA) is 0 Å². The zero-order valence-corrected chi connectivity index (χ0v) is 10.5. The molecular weight excluding hydrogens is 238 g/mol. The number of hydrogen-bond donors (Lipinski definition) is 0. The Balaban J connectivity index is 2.91. The molecule has 1 rings (SSSR count).